The fourth-order valence-electron chi connectivity index (χ4n) is 1.16. The van der Waals surface area contributed by atoms with Gasteiger partial charge in [0.05, 0.1) is 0 Å². The molecule has 0 spiro atoms. The quantitative estimate of drug-likeness (QED) is 0.539. The van der Waals surface area contributed by atoms with Gasteiger partial charge in [0.15, 0.2) is 0 Å². The van der Waals surface area contributed by atoms with Crippen molar-refractivity contribution in [3.8, 4) is 0 Å². The molecule has 2 heterocycles. The summed E-state index contributed by atoms with van der Waals surface area (Å²) < 4.78 is 0. The monoisotopic (exact) mass is 157 g/mol. The standard InChI is InChI=1S/C8H6BN2O/c1-4-2-3-5-7(10-4)6(9)8(12)11-5/h2-3H,1H3,(H,11,12). The molecule has 57 valence electrons. The number of amides is 1. The van der Waals surface area contributed by atoms with E-state index in [-0.39, 0.29) is 11.4 Å². The van der Waals surface area contributed by atoms with Crippen LogP contribution in [0.3, 0.4) is 0 Å². The Kier molecular flexibility index (Phi) is 1.36. The van der Waals surface area contributed by atoms with E-state index in [1.165, 1.54) is 0 Å². The number of aryl methyl sites for hydroxylation is 1. The molecule has 1 aliphatic heterocycles. The third kappa shape index (κ3) is 0.880. The normalized spacial score (nSPS) is 14.3. The molecule has 1 aromatic heterocycles. The van der Waals surface area contributed by atoms with Crippen LogP contribution in [0.5, 0.6) is 0 Å². The zero-order chi connectivity index (χ0) is 8.72. The molecule has 1 N–H and O–H groups in total. The number of rotatable bonds is 0. The predicted octanol–water partition coefficient (Wildman–Crippen LogP) is 0.0311. The molecule has 0 saturated heterocycles. The maximum atomic E-state index is 11.0. The van der Waals surface area contributed by atoms with Gasteiger partial charge in [0.2, 0.25) is 0 Å². The predicted molar refractivity (Wildman–Crippen MR) is 47.5 cm³/mol. The van der Waals surface area contributed by atoms with Crippen LogP contribution >= 0.6 is 0 Å². The number of fused-ring (bicyclic) bond motifs is 1. The van der Waals surface area contributed by atoms with E-state index in [9.17, 15) is 4.79 Å². The average molecular weight is 157 g/mol. The summed E-state index contributed by atoms with van der Waals surface area (Å²) in [4.78, 5) is 15.2. The van der Waals surface area contributed by atoms with Crippen molar-refractivity contribution in [2.24, 2.45) is 0 Å². The first kappa shape index (κ1) is 7.22. The van der Waals surface area contributed by atoms with Gasteiger partial charge in [-0.05, 0) is 0 Å². The molecule has 2 rings (SSSR count). The van der Waals surface area contributed by atoms with Crippen molar-refractivity contribution >= 4 is 24.5 Å². The zero-order valence-electron chi connectivity index (χ0n) is 6.59. The Bertz CT molecular complexity index is 387. The van der Waals surface area contributed by atoms with E-state index in [0.29, 0.717) is 11.4 Å². The number of anilines is 1. The topological polar surface area (TPSA) is 42.0 Å². The molecule has 0 atom stereocenters. The SMILES string of the molecule is [B]=C1C(=O)Nc2ccc(C)nc21. The van der Waals surface area contributed by atoms with Crippen LogP contribution in [0.25, 0.3) is 0 Å². The van der Waals surface area contributed by atoms with Crippen LogP contribution in [0.4, 0.5) is 5.69 Å². The average Bonchev–Trinajstić information content (AvgIpc) is 2.31. The fourth-order valence-corrected chi connectivity index (χ4v) is 1.16. The van der Waals surface area contributed by atoms with Gasteiger partial charge >= 0.3 is 70.1 Å². The molecule has 1 amide bonds. The zero-order valence-corrected chi connectivity index (χ0v) is 6.59. The molecular formula is C8H6BN2O. The molecular weight excluding hydrogens is 151 g/mol. The second-order valence-corrected chi connectivity index (χ2v) is 2.72. The second-order valence-electron chi connectivity index (χ2n) is 2.72. The van der Waals surface area contributed by atoms with Crippen LogP contribution in [0, 0.1) is 6.92 Å². The van der Waals surface area contributed by atoms with Crippen molar-refractivity contribution < 1.29 is 4.79 Å². The third-order valence-electron chi connectivity index (χ3n) is 1.78. The number of nitrogens with one attached hydrogen (secondary N) is 1. The van der Waals surface area contributed by atoms with E-state index in [2.05, 4.69) is 10.3 Å². The van der Waals surface area contributed by atoms with Gasteiger partial charge in [-0.3, -0.25) is 0 Å². The van der Waals surface area contributed by atoms with E-state index in [0.717, 1.165) is 5.69 Å². The van der Waals surface area contributed by atoms with Crippen molar-refractivity contribution in [3.05, 3.63) is 23.5 Å². The van der Waals surface area contributed by atoms with Crippen molar-refractivity contribution in [1.82, 2.24) is 4.98 Å². The first-order valence-corrected chi connectivity index (χ1v) is 3.60. The van der Waals surface area contributed by atoms with Crippen molar-refractivity contribution in [2.45, 2.75) is 6.92 Å². The maximum absolute atomic E-state index is 11.0. The number of hydrogen-bond acceptors (Lipinski definition) is 2. The fraction of sp³-hybridized carbons (Fsp3) is 0.125. The van der Waals surface area contributed by atoms with Crippen LogP contribution in [-0.2, 0) is 4.79 Å². The van der Waals surface area contributed by atoms with Gasteiger partial charge < -0.3 is 0 Å². The van der Waals surface area contributed by atoms with Gasteiger partial charge in [-0.1, -0.05) is 0 Å². The van der Waals surface area contributed by atoms with Gasteiger partial charge in [-0.15, -0.1) is 0 Å². The molecule has 3 nitrogen and oxygen atoms in total. The summed E-state index contributed by atoms with van der Waals surface area (Å²) in [7, 11) is 5.50. The van der Waals surface area contributed by atoms with Gasteiger partial charge in [0.1, 0.15) is 0 Å². The Balaban J connectivity index is 2.63. The van der Waals surface area contributed by atoms with Crippen molar-refractivity contribution in [1.29, 1.82) is 0 Å². The minimum absolute atomic E-state index is 0.203. The summed E-state index contributed by atoms with van der Waals surface area (Å²) in [5.41, 5.74) is 2.32. The minimum atomic E-state index is -0.261. The Morgan fingerprint density at radius 2 is 2.25 bits per heavy atom. The van der Waals surface area contributed by atoms with Crippen molar-refractivity contribution in [3.63, 3.8) is 0 Å². The Morgan fingerprint density at radius 1 is 1.50 bits per heavy atom. The summed E-state index contributed by atoms with van der Waals surface area (Å²) in [5, 5.41) is 2.61. The molecule has 4 heteroatoms. The molecule has 0 aromatic carbocycles. The van der Waals surface area contributed by atoms with Gasteiger partial charge in [-0.25, -0.2) is 0 Å². The molecule has 0 saturated carbocycles. The summed E-state index contributed by atoms with van der Waals surface area (Å²) in [6, 6.07) is 3.63. The molecule has 0 aliphatic carbocycles. The van der Waals surface area contributed by atoms with Gasteiger partial charge in [0, 0.05) is 0 Å². The molecule has 1 aliphatic rings. The first-order chi connectivity index (χ1) is 5.68. The molecule has 1 aromatic rings. The van der Waals surface area contributed by atoms with Crippen molar-refractivity contribution in [2.75, 3.05) is 5.32 Å². The molecule has 0 unspecified atom stereocenters. The van der Waals surface area contributed by atoms with E-state index in [1.54, 1.807) is 6.07 Å². The summed E-state index contributed by atoms with van der Waals surface area (Å²) in [6.45, 7) is 1.86. The molecule has 0 bridgehead atoms. The van der Waals surface area contributed by atoms with E-state index >= 15 is 0 Å². The van der Waals surface area contributed by atoms with Gasteiger partial charge in [-0.2, -0.15) is 0 Å². The van der Waals surface area contributed by atoms with Crippen LogP contribution in [0.2, 0.25) is 0 Å². The number of hydrogen-bond donors (Lipinski definition) is 1. The second kappa shape index (κ2) is 2.27. The van der Waals surface area contributed by atoms with Gasteiger partial charge in [0.25, 0.3) is 0 Å². The number of nitrogens with zero attached hydrogens (tertiary/aromatic N) is 1. The molecule has 1 radical (unpaired) electrons. The summed E-state index contributed by atoms with van der Waals surface area (Å²) >= 11 is 0. The van der Waals surface area contributed by atoms with E-state index in [4.69, 9.17) is 7.49 Å². The van der Waals surface area contributed by atoms with Crippen LogP contribution in [-0.4, -0.2) is 23.8 Å². The number of pyridine rings is 1. The van der Waals surface area contributed by atoms with Crippen LogP contribution < -0.4 is 5.32 Å². The number of aromatic nitrogens is 1. The van der Waals surface area contributed by atoms with Crippen LogP contribution in [0.15, 0.2) is 12.1 Å². The van der Waals surface area contributed by atoms with Crippen LogP contribution in [0.1, 0.15) is 11.4 Å². The Morgan fingerprint density at radius 3 is 3.00 bits per heavy atom. The number of carbonyl (C=O) groups excluding carboxylic acids is 1. The molecule has 12 heavy (non-hydrogen) atoms. The summed E-state index contributed by atoms with van der Waals surface area (Å²) in [6.07, 6.45) is 0. The van der Waals surface area contributed by atoms with E-state index in [1.807, 2.05) is 13.0 Å². The summed E-state index contributed by atoms with van der Waals surface area (Å²) in [5.74, 6) is -0.261. The first-order valence-electron chi connectivity index (χ1n) is 3.60. The third-order valence-corrected chi connectivity index (χ3v) is 1.78. The number of carbonyl (C=O) groups is 1. The van der Waals surface area contributed by atoms with E-state index < -0.39 is 0 Å². The Hall–Kier alpha value is -1.45. The molecule has 0 fully saturated rings. The Labute approximate surface area is 70.9 Å².